The molecule has 3 atom stereocenters. The number of halogens is 2. The van der Waals surface area contributed by atoms with E-state index >= 15 is 0 Å². The Kier molecular flexibility index (Phi) is 6.45. The van der Waals surface area contributed by atoms with Crippen molar-refractivity contribution < 1.29 is 26.7 Å². The van der Waals surface area contributed by atoms with Gasteiger partial charge >= 0.3 is 0 Å². The minimum Gasteiger partial charge on any atom is -0.480 e. The highest BCUT2D eigenvalue weighted by atomic mass is 32.2. The molecular formula is C20H21F2N3O4S. The maximum absolute atomic E-state index is 13.6. The number of carbonyl (C=O) groups excluding carboxylic acids is 1. The van der Waals surface area contributed by atoms with Gasteiger partial charge in [0, 0.05) is 11.8 Å². The van der Waals surface area contributed by atoms with Crippen LogP contribution in [0.1, 0.15) is 18.4 Å². The molecule has 0 spiro atoms. The van der Waals surface area contributed by atoms with E-state index in [-0.39, 0.29) is 35.0 Å². The maximum Gasteiger partial charge on any atom is 0.257 e. The number of benzene rings is 1. The summed E-state index contributed by atoms with van der Waals surface area (Å²) in [7, 11) is -1.98. The number of aromatic nitrogens is 2. The van der Waals surface area contributed by atoms with E-state index < -0.39 is 34.0 Å². The van der Waals surface area contributed by atoms with E-state index in [1.165, 1.54) is 49.8 Å². The zero-order valence-electron chi connectivity index (χ0n) is 16.4. The van der Waals surface area contributed by atoms with Crippen LogP contribution in [-0.4, -0.2) is 50.0 Å². The largest absolute Gasteiger partial charge is 0.480 e. The summed E-state index contributed by atoms with van der Waals surface area (Å²) in [5, 5.41) is 2.59. The van der Waals surface area contributed by atoms with Crippen molar-refractivity contribution in [2.45, 2.75) is 30.1 Å². The Hall–Kier alpha value is -2.88. The molecule has 3 rings (SSSR count). The summed E-state index contributed by atoms with van der Waals surface area (Å²) in [6.45, 7) is 0. The number of anilines is 1. The van der Waals surface area contributed by atoms with Crippen molar-refractivity contribution in [3.63, 3.8) is 0 Å². The molecule has 160 valence electrons. The molecule has 1 saturated carbocycles. The lowest BCUT2D eigenvalue weighted by atomic mass is 9.98. The molecule has 0 radical (unpaired) electrons. The van der Waals surface area contributed by atoms with Crippen LogP contribution in [0.25, 0.3) is 5.57 Å². The SMILES string of the molecule is COc1cnc(NC(=O)C(=CC2C[C@@H](F)[C@@H](F)C2)c2ccc(S(C)(=O)=O)cc2)cn1. The van der Waals surface area contributed by atoms with Gasteiger partial charge in [-0.15, -0.1) is 0 Å². The standard InChI is InChI=1S/C20H21F2N3O4S/c1-29-19-11-23-18(10-24-19)25-20(26)15(7-12-8-16(21)17(22)9-12)13-3-5-14(6-4-13)30(2,27)28/h3-7,10-12,16-17H,8-9H2,1-2H3,(H,23,25,26)/t12?,16-,17+. The van der Waals surface area contributed by atoms with Crippen LogP contribution in [0.5, 0.6) is 5.88 Å². The molecule has 1 aliphatic carbocycles. The highest BCUT2D eigenvalue weighted by Gasteiger charge is 2.34. The molecule has 1 fully saturated rings. The quantitative estimate of drug-likeness (QED) is 0.698. The molecule has 7 nitrogen and oxygen atoms in total. The number of nitrogens with zero attached hydrogens (tertiary/aromatic N) is 2. The summed E-state index contributed by atoms with van der Waals surface area (Å²) in [5.74, 6) is -0.585. The van der Waals surface area contributed by atoms with Crippen LogP contribution in [0.15, 0.2) is 47.6 Å². The van der Waals surface area contributed by atoms with Crippen molar-refractivity contribution in [2.75, 3.05) is 18.7 Å². The Morgan fingerprint density at radius 1 is 1.13 bits per heavy atom. The predicted molar refractivity (Wildman–Crippen MR) is 107 cm³/mol. The first-order valence-electron chi connectivity index (χ1n) is 9.15. The zero-order valence-corrected chi connectivity index (χ0v) is 17.2. The molecule has 0 bridgehead atoms. The van der Waals surface area contributed by atoms with Crippen LogP contribution < -0.4 is 10.1 Å². The van der Waals surface area contributed by atoms with Gasteiger partial charge in [0.25, 0.3) is 5.91 Å². The summed E-state index contributed by atoms with van der Waals surface area (Å²) < 4.78 is 55.5. The van der Waals surface area contributed by atoms with Crippen molar-refractivity contribution in [3.05, 3.63) is 48.3 Å². The first-order valence-corrected chi connectivity index (χ1v) is 11.0. The second-order valence-electron chi connectivity index (χ2n) is 7.04. The van der Waals surface area contributed by atoms with E-state index in [0.29, 0.717) is 5.56 Å². The number of hydrogen-bond acceptors (Lipinski definition) is 6. The van der Waals surface area contributed by atoms with Crippen LogP contribution >= 0.6 is 0 Å². The minimum absolute atomic E-state index is 0.0261. The lowest BCUT2D eigenvalue weighted by Crippen LogP contribution is -2.16. The molecule has 1 aromatic carbocycles. The van der Waals surface area contributed by atoms with Gasteiger partial charge in [0.1, 0.15) is 12.3 Å². The topological polar surface area (TPSA) is 98.2 Å². The Bertz CT molecular complexity index is 1030. The Morgan fingerprint density at radius 2 is 1.77 bits per heavy atom. The van der Waals surface area contributed by atoms with Crippen molar-refractivity contribution in [3.8, 4) is 5.88 Å². The van der Waals surface area contributed by atoms with Gasteiger partial charge < -0.3 is 10.1 Å². The molecule has 1 heterocycles. The third kappa shape index (κ3) is 5.18. The van der Waals surface area contributed by atoms with E-state index in [1.54, 1.807) is 0 Å². The fraction of sp³-hybridized carbons (Fsp3) is 0.350. The molecule has 1 N–H and O–H groups in total. The van der Waals surface area contributed by atoms with Crippen LogP contribution in [0.3, 0.4) is 0 Å². The molecule has 2 aromatic rings. The van der Waals surface area contributed by atoms with E-state index in [0.717, 1.165) is 6.26 Å². The smallest absolute Gasteiger partial charge is 0.257 e. The first-order chi connectivity index (χ1) is 14.2. The summed E-state index contributed by atoms with van der Waals surface area (Å²) in [5.41, 5.74) is 0.582. The number of carbonyl (C=O) groups is 1. The second-order valence-corrected chi connectivity index (χ2v) is 9.05. The third-order valence-corrected chi connectivity index (χ3v) is 5.90. The molecule has 1 aromatic heterocycles. The van der Waals surface area contributed by atoms with Gasteiger partial charge in [-0.2, -0.15) is 0 Å². The van der Waals surface area contributed by atoms with Gasteiger partial charge in [0.05, 0.1) is 24.4 Å². The Balaban J connectivity index is 1.91. The molecule has 1 aliphatic rings. The average Bonchev–Trinajstić information content (AvgIpc) is 3.03. The molecule has 1 amide bonds. The average molecular weight is 437 g/mol. The van der Waals surface area contributed by atoms with Crippen molar-refractivity contribution >= 4 is 27.1 Å². The highest BCUT2D eigenvalue weighted by molar-refractivity contribution is 7.90. The van der Waals surface area contributed by atoms with E-state index in [9.17, 15) is 22.0 Å². The fourth-order valence-corrected chi connectivity index (χ4v) is 3.83. The molecule has 30 heavy (non-hydrogen) atoms. The van der Waals surface area contributed by atoms with Gasteiger partial charge in [-0.25, -0.2) is 27.2 Å². The summed E-state index contributed by atoms with van der Waals surface area (Å²) >= 11 is 0. The predicted octanol–water partition coefficient (Wildman–Crippen LogP) is 3.00. The lowest BCUT2D eigenvalue weighted by molar-refractivity contribution is -0.111. The van der Waals surface area contributed by atoms with Gasteiger partial charge in [-0.05, 0) is 36.5 Å². The van der Waals surface area contributed by atoms with Crippen LogP contribution in [0.2, 0.25) is 0 Å². The van der Waals surface area contributed by atoms with Gasteiger partial charge in [0.15, 0.2) is 15.7 Å². The number of hydrogen-bond donors (Lipinski definition) is 1. The molecule has 0 aliphatic heterocycles. The summed E-state index contributed by atoms with van der Waals surface area (Å²) in [6, 6.07) is 5.72. The molecule has 10 heteroatoms. The highest BCUT2D eigenvalue weighted by Crippen LogP contribution is 2.34. The zero-order chi connectivity index (χ0) is 21.9. The number of nitrogens with one attached hydrogen (secondary N) is 1. The number of allylic oxidation sites excluding steroid dienone is 1. The maximum atomic E-state index is 13.6. The summed E-state index contributed by atoms with van der Waals surface area (Å²) in [4.78, 5) is 21.0. The Labute approximate surface area is 173 Å². The normalized spacial score (nSPS) is 22.0. The number of rotatable bonds is 6. The molecular weight excluding hydrogens is 416 g/mol. The lowest BCUT2D eigenvalue weighted by Gasteiger charge is -2.12. The van der Waals surface area contributed by atoms with E-state index in [1.807, 2.05) is 0 Å². The second kappa shape index (κ2) is 8.86. The van der Waals surface area contributed by atoms with Crippen LogP contribution in [0.4, 0.5) is 14.6 Å². The number of ether oxygens (including phenoxy) is 1. The van der Waals surface area contributed by atoms with Crippen molar-refractivity contribution in [2.24, 2.45) is 5.92 Å². The van der Waals surface area contributed by atoms with Crippen molar-refractivity contribution in [1.29, 1.82) is 0 Å². The van der Waals surface area contributed by atoms with Gasteiger partial charge in [0.2, 0.25) is 5.88 Å². The van der Waals surface area contributed by atoms with Crippen LogP contribution in [0, 0.1) is 5.92 Å². The third-order valence-electron chi connectivity index (χ3n) is 4.77. The number of amides is 1. The van der Waals surface area contributed by atoms with E-state index in [4.69, 9.17) is 4.74 Å². The van der Waals surface area contributed by atoms with Crippen molar-refractivity contribution in [1.82, 2.24) is 9.97 Å². The monoisotopic (exact) mass is 437 g/mol. The van der Waals surface area contributed by atoms with Crippen LogP contribution in [-0.2, 0) is 14.6 Å². The van der Waals surface area contributed by atoms with Gasteiger partial charge in [-0.1, -0.05) is 18.2 Å². The summed E-state index contributed by atoms with van der Waals surface area (Å²) in [6.07, 6.45) is 2.04. The Morgan fingerprint density at radius 3 is 2.27 bits per heavy atom. The van der Waals surface area contributed by atoms with Gasteiger partial charge in [-0.3, -0.25) is 4.79 Å². The molecule has 1 unspecified atom stereocenters. The minimum atomic E-state index is -3.41. The van der Waals surface area contributed by atoms with E-state index in [2.05, 4.69) is 15.3 Å². The number of methoxy groups -OCH3 is 1. The fourth-order valence-electron chi connectivity index (χ4n) is 3.20. The first kappa shape index (κ1) is 21.8. The number of alkyl halides is 2. The number of sulfone groups is 1. The molecule has 0 saturated heterocycles.